The molecule has 1 aliphatic heterocycles. The summed E-state index contributed by atoms with van der Waals surface area (Å²) >= 11 is 0. The van der Waals surface area contributed by atoms with Crippen molar-refractivity contribution >= 4 is 11.4 Å². The summed E-state index contributed by atoms with van der Waals surface area (Å²) in [6.45, 7) is 10.7. The van der Waals surface area contributed by atoms with E-state index in [1.54, 1.807) is 0 Å². The Balaban J connectivity index is 0.000000728. The standard InChI is InChI=1S/C23H19N5O.2C2H6/c1-15-23-20-8-5-17(18-13-25-27(2)14-18)11-21(20)28(10-9-22(23)29-26-15)19-6-3-16(12-24)4-7-19;2*1-2/h3-8,11,13-14H,9-10H2,1-2H3;2*1-2H3. The molecule has 0 fully saturated rings. The van der Waals surface area contributed by atoms with Gasteiger partial charge in [0.1, 0.15) is 5.76 Å². The molecule has 33 heavy (non-hydrogen) atoms. The largest absolute Gasteiger partial charge is 0.360 e. The molecule has 0 N–H and O–H groups in total. The lowest BCUT2D eigenvalue weighted by Gasteiger charge is -2.26. The minimum Gasteiger partial charge on any atom is -0.360 e. The molecule has 4 aromatic rings. The van der Waals surface area contributed by atoms with Crippen LogP contribution in [0, 0.1) is 18.3 Å². The van der Waals surface area contributed by atoms with Gasteiger partial charge in [-0.3, -0.25) is 4.68 Å². The maximum atomic E-state index is 9.14. The zero-order valence-electron chi connectivity index (χ0n) is 20.3. The van der Waals surface area contributed by atoms with Crippen molar-refractivity contribution in [1.29, 1.82) is 5.26 Å². The van der Waals surface area contributed by atoms with Crippen LogP contribution < -0.4 is 4.90 Å². The Morgan fingerprint density at radius 1 is 1.00 bits per heavy atom. The smallest absolute Gasteiger partial charge is 0.146 e. The Kier molecular flexibility index (Phi) is 7.68. The summed E-state index contributed by atoms with van der Waals surface area (Å²) in [6, 6.07) is 16.4. The molecule has 0 amide bonds. The highest BCUT2D eigenvalue weighted by molar-refractivity contribution is 5.88. The molecule has 0 atom stereocenters. The molecule has 1 aliphatic rings. The fraction of sp³-hybridized carbons (Fsp3) is 0.296. The zero-order chi connectivity index (χ0) is 24.0. The first kappa shape index (κ1) is 23.8. The first-order valence-corrected chi connectivity index (χ1v) is 11.5. The van der Waals surface area contributed by atoms with Crippen molar-refractivity contribution < 1.29 is 4.52 Å². The Morgan fingerprint density at radius 2 is 1.73 bits per heavy atom. The average molecular weight is 442 g/mol. The Hall–Kier alpha value is -3.85. The fourth-order valence-electron chi connectivity index (χ4n) is 3.97. The van der Waals surface area contributed by atoms with E-state index in [4.69, 9.17) is 9.78 Å². The van der Waals surface area contributed by atoms with Crippen LogP contribution in [0.15, 0.2) is 59.4 Å². The van der Waals surface area contributed by atoms with Crippen molar-refractivity contribution in [1.82, 2.24) is 14.9 Å². The van der Waals surface area contributed by atoms with Crippen molar-refractivity contribution in [3.63, 3.8) is 0 Å². The number of rotatable bonds is 2. The van der Waals surface area contributed by atoms with E-state index in [0.717, 1.165) is 58.0 Å². The Morgan fingerprint density at radius 3 is 2.36 bits per heavy atom. The first-order valence-electron chi connectivity index (χ1n) is 11.5. The maximum Gasteiger partial charge on any atom is 0.146 e. The first-order chi connectivity index (χ1) is 16.1. The second-order valence-electron chi connectivity index (χ2n) is 7.26. The van der Waals surface area contributed by atoms with Crippen molar-refractivity contribution in [2.75, 3.05) is 11.4 Å². The van der Waals surface area contributed by atoms with E-state index in [-0.39, 0.29) is 0 Å². The van der Waals surface area contributed by atoms with Gasteiger partial charge in [0.2, 0.25) is 0 Å². The summed E-state index contributed by atoms with van der Waals surface area (Å²) in [6.07, 6.45) is 4.65. The normalized spacial score (nSPS) is 11.6. The molecule has 6 nitrogen and oxygen atoms in total. The van der Waals surface area contributed by atoms with Gasteiger partial charge in [0.25, 0.3) is 0 Å². The summed E-state index contributed by atoms with van der Waals surface area (Å²) in [5, 5.41) is 17.6. The molecule has 6 heteroatoms. The predicted molar refractivity (Wildman–Crippen MR) is 133 cm³/mol. The van der Waals surface area contributed by atoms with E-state index < -0.39 is 0 Å². The molecular formula is C27H31N5O. The molecular weight excluding hydrogens is 410 g/mol. The molecule has 3 heterocycles. The highest BCUT2D eigenvalue weighted by Gasteiger charge is 2.26. The van der Waals surface area contributed by atoms with Gasteiger partial charge in [0.05, 0.1) is 23.5 Å². The molecule has 5 rings (SSSR count). The number of fused-ring (bicyclic) bond motifs is 3. The van der Waals surface area contributed by atoms with Gasteiger partial charge in [-0.2, -0.15) is 10.4 Å². The Bertz CT molecular complexity index is 1240. The van der Waals surface area contributed by atoms with E-state index >= 15 is 0 Å². The number of hydrogen-bond donors (Lipinski definition) is 0. The van der Waals surface area contributed by atoms with Gasteiger partial charge in [-0.25, -0.2) is 0 Å². The van der Waals surface area contributed by atoms with Crippen molar-refractivity contribution in [2.24, 2.45) is 7.05 Å². The van der Waals surface area contributed by atoms with Gasteiger partial charge in [0, 0.05) is 54.3 Å². The average Bonchev–Trinajstić information content (AvgIpc) is 3.42. The number of nitriles is 1. The second kappa shape index (κ2) is 10.6. The number of benzene rings is 2. The van der Waals surface area contributed by atoms with Crippen molar-refractivity contribution in [3.05, 3.63) is 71.9 Å². The fourth-order valence-corrected chi connectivity index (χ4v) is 3.97. The van der Waals surface area contributed by atoms with Gasteiger partial charge < -0.3 is 9.42 Å². The summed E-state index contributed by atoms with van der Waals surface area (Å²) in [7, 11) is 1.92. The Labute approximate surface area is 196 Å². The molecule has 2 aromatic carbocycles. The van der Waals surface area contributed by atoms with E-state index in [1.165, 1.54) is 0 Å². The van der Waals surface area contributed by atoms with E-state index in [2.05, 4.69) is 39.4 Å². The second-order valence-corrected chi connectivity index (χ2v) is 7.26. The van der Waals surface area contributed by atoms with Gasteiger partial charge >= 0.3 is 0 Å². The van der Waals surface area contributed by atoms with Crippen LogP contribution in [-0.4, -0.2) is 21.5 Å². The topological polar surface area (TPSA) is 70.9 Å². The molecule has 2 aromatic heterocycles. The molecule has 0 aliphatic carbocycles. The van der Waals surface area contributed by atoms with Gasteiger partial charge in [0.15, 0.2) is 0 Å². The summed E-state index contributed by atoms with van der Waals surface area (Å²) in [5.74, 6) is 0.911. The highest BCUT2D eigenvalue weighted by Crippen LogP contribution is 2.43. The SMILES string of the molecule is CC.CC.Cc1noc2c1-c1ccc(-c3cnn(C)c3)cc1N(c1ccc(C#N)cc1)CC2. The van der Waals surface area contributed by atoms with E-state index in [9.17, 15) is 0 Å². The third kappa shape index (κ3) is 4.68. The number of nitrogens with zero attached hydrogens (tertiary/aromatic N) is 5. The number of hydrogen-bond acceptors (Lipinski definition) is 5. The van der Waals surface area contributed by atoms with Crippen LogP contribution >= 0.6 is 0 Å². The third-order valence-corrected chi connectivity index (χ3v) is 5.40. The molecule has 0 unspecified atom stereocenters. The van der Waals surface area contributed by atoms with Crippen LogP contribution in [-0.2, 0) is 13.5 Å². The van der Waals surface area contributed by atoms with Gasteiger partial charge in [-0.15, -0.1) is 0 Å². The molecule has 0 spiro atoms. The van der Waals surface area contributed by atoms with Crippen molar-refractivity contribution in [2.45, 2.75) is 41.0 Å². The summed E-state index contributed by atoms with van der Waals surface area (Å²) < 4.78 is 7.44. The van der Waals surface area contributed by atoms with Crippen LogP contribution in [0.5, 0.6) is 0 Å². The lowest BCUT2D eigenvalue weighted by atomic mass is 9.98. The number of aromatic nitrogens is 3. The van der Waals surface area contributed by atoms with Crippen LogP contribution in [0.2, 0.25) is 0 Å². The third-order valence-electron chi connectivity index (χ3n) is 5.40. The quantitative estimate of drug-likeness (QED) is 0.347. The van der Waals surface area contributed by atoms with E-state index in [0.29, 0.717) is 5.56 Å². The predicted octanol–water partition coefficient (Wildman–Crippen LogP) is 6.67. The van der Waals surface area contributed by atoms with Crippen LogP contribution in [0.1, 0.15) is 44.7 Å². The summed E-state index contributed by atoms with van der Waals surface area (Å²) in [4.78, 5) is 2.28. The maximum absolute atomic E-state index is 9.14. The van der Waals surface area contributed by atoms with Crippen LogP contribution in [0.3, 0.4) is 0 Å². The highest BCUT2D eigenvalue weighted by atomic mass is 16.5. The van der Waals surface area contributed by atoms with Gasteiger partial charge in [-0.05, 0) is 42.8 Å². The molecule has 0 bridgehead atoms. The van der Waals surface area contributed by atoms with Crippen LogP contribution in [0.25, 0.3) is 22.3 Å². The minimum atomic E-state index is 0.653. The molecule has 0 saturated heterocycles. The number of aryl methyl sites for hydroxylation is 2. The molecule has 0 radical (unpaired) electrons. The van der Waals surface area contributed by atoms with E-state index in [1.807, 2.05) is 83.0 Å². The van der Waals surface area contributed by atoms with Crippen molar-refractivity contribution in [3.8, 4) is 28.3 Å². The lowest BCUT2D eigenvalue weighted by Crippen LogP contribution is -2.19. The summed E-state index contributed by atoms with van der Waals surface area (Å²) in [5.41, 5.74) is 8.05. The minimum absolute atomic E-state index is 0.653. The number of anilines is 2. The zero-order valence-corrected chi connectivity index (χ0v) is 20.3. The van der Waals surface area contributed by atoms with Crippen LogP contribution in [0.4, 0.5) is 11.4 Å². The molecule has 0 saturated carbocycles. The molecule has 170 valence electrons. The lowest BCUT2D eigenvalue weighted by molar-refractivity contribution is 0.381. The monoisotopic (exact) mass is 441 g/mol. The van der Waals surface area contributed by atoms with Gasteiger partial charge in [-0.1, -0.05) is 45.0 Å².